The molecule has 0 saturated heterocycles. The Morgan fingerprint density at radius 1 is 0.458 bits per heavy atom. The van der Waals surface area contributed by atoms with E-state index in [2.05, 4.69) is 13.8 Å². The first-order chi connectivity index (χ1) is 28.5. The van der Waals surface area contributed by atoms with Crippen LogP contribution in [0.15, 0.2) is 0 Å². The average molecular weight is 861 g/mol. The molecule has 0 heterocycles. The molecule has 0 aromatic rings. The van der Waals surface area contributed by atoms with Crippen molar-refractivity contribution in [3.8, 4) is 0 Å². The minimum absolute atomic E-state index is 0.0369. The normalized spacial score (nSPS) is 13.4. The van der Waals surface area contributed by atoms with E-state index in [0.29, 0.717) is 17.4 Å². The molecule has 0 aromatic heterocycles. The van der Waals surface area contributed by atoms with Crippen molar-refractivity contribution >= 4 is 19.8 Å². The molecule has 0 spiro atoms. The molecule has 0 aliphatic heterocycles. The second-order valence-corrected chi connectivity index (χ2v) is 20.0. The fourth-order valence-corrected chi connectivity index (χ4v) is 8.17. The van der Waals surface area contributed by atoms with Crippen molar-refractivity contribution < 1.29 is 42.1 Å². The number of quaternary nitrogens is 1. The van der Waals surface area contributed by atoms with Crippen LogP contribution < -0.4 is 0 Å². The van der Waals surface area contributed by atoms with Crippen molar-refractivity contribution in [3.05, 3.63) is 0 Å². The van der Waals surface area contributed by atoms with Gasteiger partial charge in [-0.15, -0.1) is 0 Å². The maximum absolute atomic E-state index is 12.7. The van der Waals surface area contributed by atoms with Gasteiger partial charge in [-0.25, -0.2) is 4.57 Å². The summed E-state index contributed by atoms with van der Waals surface area (Å²) >= 11 is 0. The van der Waals surface area contributed by atoms with Gasteiger partial charge in [0.05, 0.1) is 27.7 Å². The first-order valence-corrected chi connectivity index (χ1v) is 26.8. The average Bonchev–Trinajstić information content (AvgIpc) is 3.19. The van der Waals surface area contributed by atoms with E-state index in [-0.39, 0.29) is 25.6 Å². The van der Waals surface area contributed by atoms with Gasteiger partial charge in [0.15, 0.2) is 6.10 Å². The van der Waals surface area contributed by atoms with E-state index in [9.17, 15) is 19.0 Å². The van der Waals surface area contributed by atoms with Gasteiger partial charge in [-0.2, -0.15) is 0 Å². The first kappa shape index (κ1) is 58.0. The fraction of sp³-hybridized carbons (Fsp3) is 0.959. The van der Waals surface area contributed by atoms with Gasteiger partial charge >= 0.3 is 19.8 Å². The molecule has 0 aliphatic carbocycles. The predicted molar refractivity (Wildman–Crippen MR) is 248 cm³/mol. The standard InChI is InChI=1S/C49H98NO8P/c1-6-8-10-12-14-16-18-19-20-21-22-23-24-25-26-27-28-29-30-31-32-34-36-38-40-42-49(52)58-47(46-57-59(53,54)56-44-43-50(3,4)5)45-55-48(51)41-39-37-35-33-17-15-13-11-9-7-2/h47H,6-46H2,1-5H3/p+1. The number of ether oxygens (including phenoxy) is 2. The van der Waals surface area contributed by atoms with Crippen molar-refractivity contribution in [1.29, 1.82) is 0 Å². The van der Waals surface area contributed by atoms with Gasteiger partial charge in [-0.05, 0) is 12.8 Å². The minimum atomic E-state index is -4.37. The van der Waals surface area contributed by atoms with Crippen molar-refractivity contribution in [2.45, 2.75) is 258 Å². The molecule has 9 nitrogen and oxygen atoms in total. The smallest absolute Gasteiger partial charge is 0.462 e. The second kappa shape index (κ2) is 42.3. The lowest BCUT2D eigenvalue weighted by atomic mass is 10.0. The summed E-state index contributed by atoms with van der Waals surface area (Å²) in [6.45, 7) is 4.46. The first-order valence-electron chi connectivity index (χ1n) is 25.3. The molecular weight excluding hydrogens is 762 g/mol. The van der Waals surface area contributed by atoms with Gasteiger partial charge in [-0.1, -0.05) is 226 Å². The van der Waals surface area contributed by atoms with E-state index in [4.69, 9.17) is 18.5 Å². The Labute approximate surface area is 365 Å². The van der Waals surface area contributed by atoms with E-state index >= 15 is 0 Å². The Hall–Kier alpha value is -0.990. The minimum Gasteiger partial charge on any atom is -0.462 e. The van der Waals surface area contributed by atoms with E-state index < -0.39 is 26.5 Å². The summed E-state index contributed by atoms with van der Waals surface area (Å²) in [7, 11) is 1.50. The molecule has 0 aliphatic rings. The van der Waals surface area contributed by atoms with Crippen LogP contribution in [0.5, 0.6) is 0 Å². The summed E-state index contributed by atoms with van der Waals surface area (Å²) in [6.07, 6.45) is 44.6. The lowest BCUT2D eigenvalue weighted by Crippen LogP contribution is -2.37. The summed E-state index contributed by atoms with van der Waals surface area (Å²) in [5, 5.41) is 0. The Morgan fingerprint density at radius 3 is 1.08 bits per heavy atom. The Balaban J connectivity index is 4.07. The number of hydrogen-bond acceptors (Lipinski definition) is 7. The monoisotopic (exact) mass is 861 g/mol. The SMILES string of the molecule is CCCCCCCCCCCCCCCCCCCCCCCCCCCC(=O)OC(COC(=O)CCCCCCCCCCCC)COP(=O)(O)OCC[N+](C)(C)C. The number of carbonyl (C=O) groups excluding carboxylic acids is 2. The number of phosphoric ester groups is 1. The zero-order valence-electron chi connectivity index (χ0n) is 39.8. The molecule has 0 radical (unpaired) electrons. The third-order valence-electron chi connectivity index (χ3n) is 11.4. The molecule has 352 valence electrons. The molecule has 0 amide bonds. The number of phosphoric acid groups is 1. The summed E-state index contributed by atoms with van der Waals surface area (Å²) in [5.41, 5.74) is 0. The largest absolute Gasteiger partial charge is 0.472 e. The van der Waals surface area contributed by atoms with Crippen LogP contribution in [0, 0.1) is 0 Å². The highest BCUT2D eigenvalue weighted by molar-refractivity contribution is 7.47. The lowest BCUT2D eigenvalue weighted by molar-refractivity contribution is -0.870. The van der Waals surface area contributed by atoms with Gasteiger partial charge in [0, 0.05) is 12.8 Å². The number of carbonyl (C=O) groups is 2. The third-order valence-corrected chi connectivity index (χ3v) is 12.4. The van der Waals surface area contributed by atoms with Gasteiger partial charge < -0.3 is 18.9 Å². The number of nitrogens with zero attached hydrogens (tertiary/aromatic N) is 1. The summed E-state index contributed by atoms with van der Waals surface area (Å²) in [4.78, 5) is 35.4. The number of hydrogen-bond donors (Lipinski definition) is 1. The topological polar surface area (TPSA) is 108 Å². The molecule has 2 atom stereocenters. The highest BCUT2D eigenvalue weighted by atomic mass is 31.2. The van der Waals surface area contributed by atoms with Crippen LogP contribution in [-0.2, 0) is 32.7 Å². The van der Waals surface area contributed by atoms with Gasteiger partial charge in [-0.3, -0.25) is 18.6 Å². The van der Waals surface area contributed by atoms with Crippen LogP contribution >= 0.6 is 7.82 Å². The van der Waals surface area contributed by atoms with Crippen molar-refractivity contribution in [1.82, 2.24) is 0 Å². The number of rotatable bonds is 47. The van der Waals surface area contributed by atoms with E-state index in [1.165, 1.54) is 186 Å². The summed E-state index contributed by atoms with van der Waals surface area (Å²) in [6, 6.07) is 0. The zero-order chi connectivity index (χ0) is 43.6. The van der Waals surface area contributed by atoms with E-state index in [1.807, 2.05) is 21.1 Å². The zero-order valence-corrected chi connectivity index (χ0v) is 40.7. The van der Waals surface area contributed by atoms with Crippen LogP contribution in [0.25, 0.3) is 0 Å². The molecule has 0 bridgehead atoms. The molecule has 2 unspecified atom stereocenters. The molecule has 1 N–H and O–H groups in total. The number of esters is 2. The maximum atomic E-state index is 12.7. The third kappa shape index (κ3) is 46.3. The van der Waals surface area contributed by atoms with E-state index in [0.717, 1.165) is 38.5 Å². The molecule has 0 saturated carbocycles. The van der Waals surface area contributed by atoms with Gasteiger partial charge in [0.25, 0.3) is 0 Å². The van der Waals surface area contributed by atoms with Gasteiger partial charge in [0.2, 0.25) is 0 Å². The van der Waals surface area contributed by atoms with Crippen LogP contribution in [0.3, 0.4) is 0 Å². The lowest BCUT2D eigenvalue weighted by Gasteiger charge is -2.24. The van der Waals surface area contributed by atoms with Crippen LogP contribution in [0.2, 0.25) is 0 Å². The Morgan fingerprint density at radius 2 is 0.763 bits per heavy atom. The highest BCUT2D eigenvalue weighted by Crippen LogP contribution is 2.43. The second-order valence-electron chi connectivity index (χ2n) is 18.6. The molecule has 0 rings (SSSR count). The van der Waals surface area contributed by atoms with Gasteiger partial charge in [0.1, 0.15) is 19.8 Å². The van der Waals surface area contributed by atoms with Crippen LogP contribution in [0.1, 0.15) is 251 Å². The number of likely N-dealkylation sites (N-methyl/N-ethyl adjacent to an activating group) is 1. The molecule has 59 heavy (non-hydrogen) atoms. The summed E-state index contributed by atoms with van der Waals surface area (Å²) in [5.74, 6) is -0.783. The molecular formula is C49H99NO8P+. The highest BCUT2D eigenvalue weighted by Gasteiger charge is 2.27. The van der Waals surface area contributed by atoms with Crippen molar-refractivity contribution in [3.63, 3.8) is 0 Å². The quantitative estimate of drug-likeness (QED) is 0.0279. The van der Waals surface area contributed by atoms with Crippen molar-refractivity contribution in [2.75, 3.05) is 47.5 Å². The van der Waals surface area contributed by atoms with Crippen LogP contribution in [-0.4, -0.2) is 74.9 Å². The van der Waals surface area contributed by atoms with Crippen molar-refractivity contribution in [2.24, 2.45) is 0 Å². The maximum Gasteiger partial charge on any atom is 0.472 e. The Kier molecular flexibility index (Phi) is 41.6. The van der Waals surface area contributed by atoms with Crippen LogP contribution in [0.4, 0.5) is 0 Å². The fourth-order valence-electron chi connectivity index (χ4n) is 7.43. The van der Waals surface area contributed by atoms with E-state index in [1.54, 1.807) is 0 Å². The number of unbranched alkanes of at least 4 members (excludes halogenated alkanes) is 33. The molecule has 0 aromatic carbocycles. The molecule has 10 heteroatoms. The molecule has 0 fully saturated rings. The summed E-state index contributed by atoms with van der Waals surface area (Å²) < 4.78 is 34.4. The Bertz CT molecular complexity index is 974. The predicted octanol–water partition coefficient (Wildman–Crippen LogP) is 14.8.